The lowest BCUT2D eigenvalue weighted by atomic mass is 10.2. The zero-order chi connectivity index (χ0) is 13.6. The van der Waals surface area contributed by atoms with Crippen LogP contribution in [0.4, 0.5) is 0 Å². The van der Waals surface area contributed by atoms with Gasteiger partial charge < -0.3 is 5.32 Å². The van der Waals surface area contributed by atoms with Crippen LogP contribution in [0.15, 0.2) is 41.8 Å². The van der Waals surface area contributed by atoms with Crippen LogP contribution < -0.4 is 5.32 Å². The molecule has 1 rings (SSSR count). The van der Waals surface area contributed by atoms with Crippen LogP contribution in [0.5, 0.6) is 0 Å². The van der Waals surface area contributed by atoms with Gasteiger partial charge in [-0.05, 0) is 25.1 Å². The van der Waals surface area contributed by atoms with Gasteiger partial charge in [-0.1, -0.05) is 12.1 Å². The molecular weight excluding hydrogens is 248 g/mol. The smallest absolute Gasteiger partial charge is 0.179 e. The normalized spacial score (nSPS) is 12.7. The van der Waals surface area contributed by atoms with Crippen LogP contribution in [0.25, 0.3) is 0 Å². The fourth-order valence-corrected chi connectivity index (χ4v) is 2.60. The van der Waals surface area contributed by atoms with Gasteiger partial charge in [-0.25, -0.2) is 8.42 Å². The molecule has 1 unspecified atom stereocenters. The predicted molar refractivity (Wildman–Crippen MR) is 70.9 cm³/mol. The maximum atomic E-state index is 12.0. The first-order valence-electron chi connectivity index (χ1n) is 5.58. The lowest BCUT2D eigenvalue weighted by molar-refractivity contribution is 0.587. The summed E-state index contributed by atoms with van der Waals surface area (Å²) in [5, 5.41) is 11.8. The number of rotatable bonds is 6. The molecule has 0 saturated carbocycles. The van der Waals surface area contributed by atoms with Gasteiger partial charge in [0.15, 0.2) is 9.84 Å². The van der Waals surface area contributed by atoms with Gasteiger partial charge in [0.25, 0.3) is 0 Å². The molecule has 0 fully saturated rings. The summed E-state index contributed by atoms with van der Waals surface area (Å²) in [5.41, 5.74) is 0.350. The van der Waals surface area contributed by atoms with Crippen molar-refractivity contribution in [3.8, 4) is 6.07 Å². The number of benzene rings is 1. The fraction of sp³-hybridized carbons (Fsp3) is 0.308. The highest BCUT2D eigenvalue weighted by atomic mass is 32.2. The molecule has 4 nitrogen and oxygen atoms in total. The van der Waals surface area contributed by atoms with E-state index in [1.165, 1.54) is 12.1 Å². The molecule has 18 heavy (non-hydrogen) atoms. The van der Waals surface area contributed by atoms with E-state index in [9.17, 15) is 8.42 Å². The van der Waals surface area contributed by atoms with Gasteiger partial charge in [-0.3, -0.25) is 0 Å². The second-order valence-corrected chi connectivity index (χ2v) is 6.05. The molecule has 0 amide bonds. The first-order valence-corrected chi connectivity index (χ1v) is 7.23. The van der Waals surface area contributed by atoms with Crippen molar-refractivity contribution in [2.75, 3.05) is 12.3 Å². The highest BCUT2D eigenvalue weighted by Crippen LogP contribution is 2.12. The second kappa shape index (κ2) is 6.34. The van der Waals surface area contributed by atoms with E-state index in [1.54, 1.807) is 18.2 Å². The van der Waals surface area contributed by atoms with E-state index in [1.807, 2.05) is 13.0 Å². The number of nitriles is 1. The Bertz CT molecular complexity index is 559. The van der Waals surface area contributed by atoms with Crippen molar-refractivity contribution in [3.63, 3.8) is 0 Å². The van der Waals surface area contributed by atoms with Crippen LogP contribution in [0, 0.1) is 11.3 Å². The summed E-state index contributed by atoms with van der Waals surface area (Å²) in [5.74, 6) is 0.0000614. The highest BCUT2D eigenvalue weighted by Gasteiger charge is 2.14. The molecule has 96 valence electrons. The molecule has 0 aliphatic carbocycles. The van der Waals surface area contributed by atoms with Crippen molar-refractivity contribution in [1.29, 1.82) is 5.26 Å². The maximum absolute atomic E-state index is 12.0. The Morgan fingerprint density at radius 2 is 2.28 bits per heavy atom. The van der Waals surface area contributed by atoms with Crippen LogP contribution in [-0.4, -0.2) is 26.8 Å². The third kappa shape index (κ3) is 3.99. The van der Waals surface area contributed by atoms with Gasteiger partial charge in [0.1, 0.15) is 0 Å². The summed E-state index contributed by atoms with van der Waals surface area (Å²) in [4.78, 5) is 0.189. The highest BCUT2D eigenvalue weighted by molar-refractivity contribution is 7.91. The number of sulfone groups is 1. The lowest BCUT2D eigenvalue weighted by Crippen LogP contribution is -2.29. The average molecular weight is 264 g/mol. The zero-order valence-electron chi connectivity index (χ0n) is 10.3. The summed E-state index contributed by atoms with van der Waals surface area (Å²) in [6.45, 7) is 5.86. The minimum atomic E-state index is -3.34. The molecule has 0 aliphatic heterocycles. The van der Waals surface area contributed by atoms with Crippen LogP contribution in [0.2, 0.25) is 0 Å². The first-order chi connectivity index (χ1) is 8.49. The van der Waals surface area contributed by atoms with Crippen molar-refractivity contribution < 1.29 is 8.42 Å². The minimum Gasteiger partial charge on any atom is -0.310 e. The van der Waals surface area contributed by atoms with Crippen LogP contribution in [0.3, 0.4) is 0 Å². The van der Waals surface area contributed by atoms with E-state index < -0.39 is 9.84 Å². The number of hydrogen-bond acceptors (Lipinski definition) is 4. The summed E-state index contributed by atoms with van der Waals surface area (Å²) in [6.07, 6.45) is 1.71. The molecule has 0 heterocycles. The van der Waals surface area contributed by atoms with E-state index in [0.717, 1.165) is 0 Å². The van der Waals surface area contributed by atoms with E-state index in [2.05, 4.69) is 11.9 Å². The first kappa shape index (κ1) is 14.4. The average Bonchev–Trinajstić information content (AvgIpc) is 2.38. The topological polar surface area (TPSA) is 70.0 Å². The number of nitrogens with one attached hydrogen (secondary N) is 1. The summed E-state index contributed by atoms with van der Waals surface area (Å²) >= 11 is 0. The Balaban J connectivity index is 2.74. The summed E-state index contributed by atoms with van der Waals surface area (Å²) in [6, 6.07) is 8.06. The SMILES string of the molecule is C=CC(C)NCCS(=O)(=O)c1cccc(C#N)c1. The number of hydrogen-bond donors (Lipinski definition) is 1. The quantitative estimate of drug-likeness (QED) is 0.790. The molecule has 1 aromatic carbocycles. The van der Waals surface area contributed by atoms with Crippen LogP contribution in [-0.2, 0) is 9.84 Å². The van der Waals surface area contributed by atoms with Crippen LogP contribution in [0.1, 0.15) is 12.5 Å². The summed E-state index contributed by atoms with van der Waals surface area (Å²) in [7, 11) is -3.34. The fourth-order valence-electron chi connectivity index (χ4n) is 1.38. The molecule has 0 spiro atoms. The molecule has 0 bridgehead atoms. The Kier molecular flexibility index (Phi) is 5.08. The molecular formula is C13H16N2O2S. The zero-order valence-corrected chi connectivity index (χ0v) is 11.1. The monoisotopic (exact) mass is 264 g/mol. The molecule has 1 atom stereocenters. The van der Waals surface area contributed by atoms with E-state index in [4.69, 9.17) is 5.26 Å². The second-order valence-electron chi connectivity index (χ2n) is 3.94. The van der Waals surface area contributed by atoms with Crippen LogP contribution >= 0.6 is 0 Å². The van der Waals surface area contributed by atoms with Crippen molar-refractivity contribution >= 4 is 9.84 Å². The van der Waals surface area contributed by atoms with Gasteiger partial charge in [0.2, 0.25) is 0 Å². The van der Waals surface area contributed by atoms with Gasteiger partial charge in [0, 0.05) is 12.6 Å². The Morgan fingerprint density at radius 3 is 2.89 bits per heavy atom. The van der Waals surface area contributed by atoms with E-state index >= 15 is 0 Å². The van der Waals surface area contributed by atoms with Crippen molar-refractivity contribution in [2.24, 2.45) is 0 Å². The molecule has 1 N–H and O–H groups in total. The standard InChI is InChI=1S/C13H16N2O2S/c1-3-11(2)15-7-8-18(16,17)13-6-4-5-12(9-13)10-14/h3-6,9,11,15H,1,7-8H2,2H3. The van der Waals surface area contributed by atoms with Crippen molar-refractivity contribution in [3.05, 3.63) is 42.5 Å². The van der Waals surface area contributed by atoms with Crippen molar-refractivity contribution in [1.82, 2.24) is 5.32 Å². The van der Waals surface area contributed by atoms with Crippen molar-refractivity contribution in [2.45, 2.75) is 17.9 Å². The number of nitrogens with zero attached hydrogens (tertiary/aromatic N) is 1. The van der Waals surface area contributed by atoms with Gasteiger partial charge >= 0.3 is 0 Å². The maximum Gasteiger partial charge on any atom is 0.179 e. The third-order valence-electron chi connectivity index (χ3n) is 2.51. The van der Waals surface area contributed by atoms with E-state index in [-0.39, 0.29) is 16.7 Å². The Hall–Kier alpha value is -1.64. The van der Waals surface area contributed by atoms with Gasteiger partial charge in [0.05, 0.1) is 22.3 Å². The molecule has 0 radical (unpaired) electrons. The largest absolute Gasteiger partial charge is 0.310 e. The third-order valence-corrected chi connectivity index (χ3v) is 4.23. The predicted octanol–water partition coefficient (Wildman–Crippen LogP) is 1.50. The molecule has 0 aliphatic rings. The lowest BCUT2D eigenvalue weighted by Gasteiger charge is -2.09. The minimum absolute atomic E-state index is 0.0000614. The molecule has 0 saturated heterocycles. The molecule has 0 aromatic heterocycles. The Morgan fingerprint density at radius 1 is 1.56 bits per heavy atom. The van der Waals surface area contributed by atoms with E-state index in [0.29, 0.717) is 12.1 Å². The summed E-state index contributed by atoms with van der Waals surface area (Å²) < 4.78 is 24.0. The Labute approximate surface area is 108 Å². The van der Waals surface area contributed by atoms with Gasteiger partial charge in [-0.15, -0.1) is 6.58 Å². The van der Waals surface area contributed by atoms with Gasteiger partial charge in [-0.2, -0.15) is 5.26 Å². The molecule has 5 heteroatoms. The molecule has 1 aromatic rings.